The Labute approximate surface area is 200 Å². The molecule has 2 amide bonds. The number of hydrogen-bond acceptors (Lipinski definition) is 4. The normalized spacial score (nSPS) is 14.9. The predicted octanol–water partition coefficient (Wildman–Crippen LogP) is 4.56. The molecule has 3 rings (SSSR count). The zero-order valence-electron chi connectivity index (χ0n) is 20.0. The van der Waals surface area contributed by atoms with Crippen LogP contribution in [0.1, 0.15) is 57.1 Å². The van der Waals surface area contributed by atoms with Gasteiger partial charge in [0.05, 0.1) is 0 Å². The van der Waals surface area contributed by atoms with Crippen LogP contribution in [0.15, 0.2) is 48.5 Å². The number of hydrogen-bond donors (Lipinski definition) is 3. The number of alkyl carbamates (subject to hydrolysis) is 1. The highest BCUT2D eigenvalue weighted by atomic mass is 16.5. The summed E-state index contributed by atoms with van der Waals surface area (Å²) in [4.78, 5) is 36.3. The van der Waals surface area contributed by atoms with Crippen molar-refractivity contribution in [3.8, 4) is 11.1 Å². The Morgan fingerprint density at radius 1 is 0.971 bits per heavy atom. The lowest BCUT2D eigenvalue weighted by Crippen LogP contribution is -2.46. The number of benzene rings is 2. The van der Waals surface area contributed by atoms with Crippen molar-refractivity contribution in [1.82, 2.24) is 10.6 Å². The smallest absolute Gasteiger partial charge is 0.407 e. The first-order chi connectivity index (χ1) is 16.3. The van der Waals surface area contributed by atoms with E-state index in [9.17, 15) is 19.5 Å². The van der Waals surface area contributed by atoms with Crippen molar-refractivity contribution >= 4 is 18.0 Å². The summed E-state index contributed by atoms with van der Waals surface area (Å²) in [7, 11) is 0. The second kappa shape index (κ2) is 11.7. The number of carbonyl (C=O) groups excluding carboxylic acids is 2. The van der Waals surface area contributed by atoms with E-state index in [1.54, 1.807) is 6.92 Å². The molecule has 3 atom stereocenters. The zero-order valence-corrected chi connectivity index (χ0v) is 20.0. The van der Waals surface area contributed by atoms with Crippen molar-refractivity contribution in [1.29, 1.82) is 0 Å². The van der Waals surface area contributed by atoms with Gasteiger partial charge in [-0.15, -0.1) is 0 Å². The molecule has 2 aromatic rings. The Kier molecular flexibility index (Phi) is 8.68. The fourth-order valence-electron chi connectivity index (χ4n) is 4.42. The predicted molar refractivity (Wildman–Crippen MR) is 130 cm³/mol. The molecule has 0 spiro atoms. The first-order valence-corrected chi connectivity index (χ1v) is 12.0. The molecule has 0 bridgehead atoms. The molecule has 182 valence electrons. The van der Waals surface area contributed by atoms with Gasteiger partial charge >= 0.3 is 12.1 Å². The molecule has 7 nitrogen and oxygen atoms in total. The minimum atomic E-state index is -1.03. The van der Waals surface area contributed by atoms with Crippen molar-refractivity contribution in [3.05, 3.63) is 59.7 Å². The molecule has 0 radical (unpaired) electrons. The summed E-state index contributed by atoms with van der Waals surface area (Å²) in [5.74, 6) is -1.66. The van der Waals surface area contributed by atoms with E-state index in [4.69, 9.17) is 4.74 Å². The number of carbonyl (C=O) groups is 3. The number of ether oxygens (including phenoxy) is 1. The van der Waals surface area contributed by atoms with Gasteiger partial charge in [-0.2, -0.15) is 0 Å². The number of amides is 2. The maximum absolute atomic E-state index is 12.4. The van der Waals surface area contributed by atoms with Crippen LogP contribution in [0.5, 0.6) is 0 Å². The van der Waals surface area contributed by atoms with Crippen LogP contribution in [0.2, 0.25) is 0 Å². The minimum absolute atomic E-state index is 0.0144. The average molecular weight is 467 g/mol. The first-order valence-electron chi connectivity index (χ1n) is 12.0. The summed E-state index contributed by atoms with van der Waals surface area (Å²) in [5, 5.41) is 14.8. The van der Waals surface area contributed by atoms with E-state index in [1.165, 1.54) is 11.1 Å². The third-order valence-electron chi connectivity index (χ3n) is 6.73. The lowest BCUT2D eigenvalue weighted by Gasteiger charge is -2.22. The lowest BCUT2D eigenvalue weighted by molar-refractivity contribution is -0.143. The van der Waals surface area contributed by atoms with Gasteiger partial charge in [-0.3, -0.25) is 4.79 Å². The second-order valence-electron chi connectivity index (χ2n) is 8.95. The summed E-state index contributed by atoms with van der Waals surface area (Å²) in [6, 6.07) is 15.4. The molecule has 34 heavy (non-hydrogen) atoms. The summed E-state index contributed by atoms with van der Waals surface area (Å²) < 4.78 is 5.55. The zero-order chi connectivity index (χ0) is 24.7. The Morgan fingerprint density at radius 3 is 2.09 bits per heavy atom. The van der Waals surface area contributed by atoms with Crippen LogP contribution >= 0.6 is 0 Å². The van der Waals surface area contributed by atoms with Crippen LogP contribution in [0.4, 0.5) is 4.79 Å². The fraction of sp³-hybridized carbons (Fsp3) is 0.444. The van der Waals surface area contributed by atoms with E-state index >= 15 is 0 Å². The van der Waals surface area contributed by atoms with Crippen molar-refractivity contribution in [2.75, 3.05) is 13.2 Å². The third kappa shape index (κ3) is 5.95. The number of fused-ring (bicyclic) bond motifs is 3. The van der Waals surface area contributed by atoms with Gasteiger partial charge in [-0.25, -0.2) is 9.59 Å². The van der Waals surface area contributed by atoms with Gasteiger partial charge in [0.15, 0.2) is 0 Å². The molecule has 0 fully saturated rings. The van der Waals surface area contributed by atoms with Crippen molar-refractivity contribution < 1.29 is 24.2 Å². The van der Waals surface area contributed by atoms with Crippen LogP contribution in [0.25, 0.3) is 11.1 Å². The summed E-state index contributed by atoms with van der Waals surface area (Å²) in [6.07, 6.45) is 0.930. The fourth-order valence-corrected chi connectivity index (χ4v) is 4.42. The molecule has 2 aromatic carbocycles. The monoisotopic (exact) mass is 466 g/mol. The van der Waals surface area contributed by atoms with Crippen LogP contribution < -0.4 is 10.6 Å². The second-order valence-corrected chi connectivity index (χ2v) is 8.95. The maximum atomic E-state index is 12.4. The minimum Gasteiger partial charge on any atom is -0.480 e. The molecular weight excluding hydrogens is 432 g/mol. The van der Waals surface area contributed by atoms with Crippen LogP contribution in [0.3, 0.4) is 0 Å². The number of rotatable bonds is 11. The maximum Gasteiger partial charge on any atom is 0.407 e. The Hall–Kier alpha value is -3.35. The molecule has 0 saturated heterocycles. The van der Waals surface area contributed by atoms with Crippen LogP contribution in [-0.4, -0.2) is 42.3 Å². The number of nitrogens with one attached hydrogen (secondary N) is 2. The van der Waals surface area contributed by atoms with Gasteiger partial charge in [0.25, 0.3) is 0 Å². The molecular formula is C27H34N2O5. The molecule has 1 unspecified atom stereocenters. The highest BCUT2D eigenvalue weighted by Gasteiger charge is 2.29. The largest absolute Gasteiger partial charge is 0.480 e. The number of carboxylic acid groups (broad SMARTS) is 1. The standard InChI is InChI=1S/C27H34N2O5/c1-4-17(3)25(26(31)32)29-24(30)14-18(5-2)15-28-27(33)34-16-23-21-12-8-6-10-19(21)20-11-7-9-13-22(20)23/h6-13,17-18,23,25H,4-5,14-16H2,1-3H3,(H,28,33)(H,29,30)(H,31,32)/t17-,18?,25-/m0/s1. The highest BCUT2D eigenvalue weighted by Crippen LogP contribution is 2.44. The average Bonchev–Trinajstić information content (AvgIpc) is 3.16. The molecule has 0 saturated carbocycles. The molecule has 0 aromatic heterocycles. The summed E-state index contributed by atoms with van der Waals surface area (Å²) in [6.45, 7) is 6.13. The Bertz CT molecular complexity index is 976. The molecule has 0 aliphatic heterocycles. The number of carboxylic acids is 1. The number of aliphatic carboxylic acids is 1. The van der Waals surface area contributed by atoms with E-state index in [1.807, 2.05) is 38.1 Å². The van der Waals surface area contributed by atoms with Gasteiger partial charge in [-0.1, -0.05) is 82.1 Å². The molecule has 7 heteroatoms. The van der Waals surface area contributed by atoms with Crippen LogP contribution in [0, 0.1) is 11.8 Å². The van der Waals surface area contributed by atoms with Crippen molar-refractivity contribution in [2.24, 2.45) is 11.8 Å². The van der Waals surface area contributed by atoms with Crippen molar-refractivity contribution in [3.63, 3.8) is 0 Å². The van der Waals surface area contributed by atoms with Gasteiger partial charge < -0.3 is 20.5 Å². The van der Waals surface area contributed by atoms with Gasteiger partial charge in [0.1, 0.15) is 12.6 Å². The van der Waals surface area contributed by atoms with E-state index in [2.05, 4.69) is 34.9 Å². The van der Waals surface area contributed by atoms with E-state index < -0.39 is 18.1 Å². The van der Waals surface area contributed by atoms with Crippen LogP contribution in [-0.2, 0) is 14.3 Å². The Balaban J connectivity index is 1.51. The summed E-state index contributed by atoms with van der Waals surface area (Å²) >= 11 is 0. The van der Waals surface area contributed by atoms with E-state index in [0.29, 0.717) is 12.8 Å². The van der Waals surface area contributed by atoms with E-state index in [-0.39, 0.29) is 43.2 Å². The Morgan fingerprint density at radius 2 is 1.56 bits per heavy atom. The topological polar surface area (TPSA) is 105 Å². The molecule has 3 N–H and O–H groups in total. The van der Waals surface area contributed by atoms with Gasteiger partial charge in [0.2, 0.25) is 5.91 Å². The van der Waals surface area contributed by atoms with E-state index in [0.717, 1.165) is 11.1 Å². The van der Waals surface area contributed by atoms with Gasteiger partial charge in [-0.05, 0) is 34.1 Å². The highest BCUT2D eigenvalue weighted by molar-refractivity contribution is 5.84. The summed E-state index contributed by atoms with van der Waals surface area (Å²) in [5.41, 5.74) is 4.63. The van der Waals surface area contributed by atoms with Crippen molar-refractivity contribution in [2.45, 2.75) is 52.0 Å². The van der Waals surface area contributed by atoms with Gasteiger partial charge in [0, 0.05) is 18.9 Å². The molecule has 1 aliphatic rings. The first kappa shape index (κ1) is 25.3. The SMILES string of the molecule is CCC(CNC(=O)OCC1c2ccccc2-c2ccccc21)CC(=O)N[C@H](C(=O)O)[C@@H](C)CC. The molecule has 0 heterocycles. The third-order valence-corrected chi connectivity index (χ3v) is 6.73. The molecule has 1 aliphatic carbocycles. The quantitative estimate of drug-likeness (QED) is 0.450. The lowest BCUT2D eigenvalue weighted by atomic mass is 9.97.